The maximum Gasteiger partial charge on any atom is 0.127 e. The third-order valence-corrected chi connectivity index (χ3v) is 3.31. The lowest BCUT2D eigenvalue weighted by Gasteiger charge is -2.07. The molecular formula is C18H22O. The van der Waals surface area contributed by atoms with Crippen LogP contribution in [-0.4, -0.2) is 0 Å². The number of hydrogen-bond donors (Lipinski definition) is 0. The molecule has 100 valence electrons. The van der Waals surface area contributed by atoms with E-state index < -0.39 is 0 Å². The van der Waals surface area contributed by atoms with Gasteiger partial charge in [0, 0.05) is 0 Å². The molecule has 0 N–H and O–H groups in total. The summed E-state index contributed by atoms with van der Waals surface area (Å²) in [5.41, 5.74) is 2.72. The quantitative estimate of drug-likeness (QED) is 0.672. The van der Waals surface area contributed by atoms with Crippen molar-refractivity contribution in [1.29, 1.82) is 0 Å². The number of hydrogen-bond acceptors (Lipinski definition) is 1. The zero-order valence-corrected chi connectivity index (χ0v) is 11.9. The zero-order valence-electron chi connectivity index (χ0n) is 11.9. The first kappa shape index (κ1) is 13.7. The third-order valence-electron chi connectivity index (χ3n) is 3.31. The normalized spacial score (nSPS) is 10.4. The van der Waals surface area contributed by atoms with E-state index in [4.69, 9.17) is 4.74 Å². The average molecular weight is 254 g/mol. The highest BCUT2D eigenvalue weighted by Gasteiger charge is 1.98. The Morgan fingerprint density at radius 3 is 1.74 bits per heavy atom. The van der Waals surface area contributed by atoms with E-state index in [1.54, 1.807) is 0 Å². The molecule has 0 aliphatic carbocycles. The van der Waals surface area contributed by atoms with Crippen LogP contribution in [0.15, 0.2) is 48.5 Å². The predicted molar refractivity (Wildman–Crippen MR) is 80.9 cm³/mol. The lowest BCUT2D eigenvalue weighted by Crippen LogP contribution is -1.87. The highest BCUT2D eigenvalue weighted by atomic mass is 16.5. The molecule has 0 amide bonds. The lowest BCUT2D eigenvalue weighted by atomic mass is 10.1. The van der Waals surface area contributed by atoms with Crippen molar-refractivity contribution in [2.75, 3.05) is 0 Å². The van der Waals surface area contributed by atoms with Crippen LogP contribution < -0.4 is 4.74 Å². The average Bonchev–Trinajstić information content (AvgIpc) is 2.47. The van der Waals surface area contributed by atoms with E-state index in [1.165, 1.54) is 24.0 Å². The van der Waals surface area contributed by atoms with Crippen molar-refractivity contribution in [3.05, 3.63) is 59.7 Å². The van der Waals surface area contributed by atoms with Crippen LogP contribution in [0.4, 0.5) is 0 Å². The second-order valence-corrected chi connectivity index (χ2v) is 4.85. The molecule has 0 heterocycles. The highest BCUT2D eigenvalue weighted by molar-refractivity contribution is 5.34. The highest BCUT2D eigenvalue weighted by Crippen LogP contribution is 2.22. The Kier molecular flexibility index (Phi) is 5.02. The molecule has 0 spiro atoms. The molecule has 0 unspecified atom stereocenters. The van der Waals surface area contributed by atoms with Crippen LogP contribution in [0.5, 0.6) is 11.5 Å². The maximum atomic E-state index is 5.84. The van der Waals surface area contributed by atoms with Crippen LogP contribution in [0.2, 0.25) is 0 Å². The summed E-state index contributed by atoms with van der Waals surface area (Å²) >= 11 is 0. The fourth-order valence-corrected chi connectivity index (χ4v) is 2.03. The topological polar surface area (TPSA) is 9.23 Å². The van der Waals surface area contributed by atoms with Crippen molar-refractivity contribution in [1.82, 2.24) is 0 Å². The number of unbranched alkanes of at least 4 members (excludes halogenated alkanes) is 1. The lowest BCUT2D eigenvalue weighted by molar-refractivity contribution is 0.482. The summed E-state index contributed by atoms with van der Waals surface area (Å²) in [4.78, 5) is 0. The second-order valence-electron chi connectivity index (χ2n) is 4.85. The largest absolute Gasteiger partial charge is 0.457 e. The first-order valence-electron chi connectivity index (χ1n) is 7.17. The van der Waals surface area contributed by atoms with E-state index in [0.29, 0.717) is 0 Å². The standard InChI is InChI=1S/C18H22O/c1-3-5-6-16-9-13-18(14-10-16)19-17-11-7-15(4-2)8-12-17/h7-14H,3-6H2,1-2H3. The van der Waals surface area contributed by atoms with Crippen molar-refractivity contribution >= 4 is 0 Å². The van der Waals surface area contributed by atoms with Gasteiger partial charge in [0.2, 0.25) is 0 Å². The molecule has 1 heteroatoms. The van der Waals surface area contributed by atoms with Crippen molar-refractivity contribution < 1.29 is 4.74 Å². The summed E-state index contributed by atoms with van der Waals surface area (Å²) in [7, 11) is 0. The Morgan fingerprint density at radius 1 is 0.737 bits per heavy atom. The molecule has 0 saturated carbocycles. The minimum atomic E-state index is 0.901. The molecule has 2 aromatic rings. The summed E-state index contributed by atoms with van der Waals surface area (Å²) in [5.74, 6) is 1.81. The minimum Gasteiger partial charge on any atom is -0.457 e. The van der Waals surface area contributed by atoms with E-state index in [9.17, 15) is 0 Å². The van der Waals surface area contributed by atoms with E-state index >= 15 is 0 Å². The van der Waals surface area contributed by atoms with Crippen LogP contribution in [0.3, 0.4) is 0 Å². The monoisotopic (exact) mass is 254 g/mol. The van der Waals surface area contributed by atoms with Gasteiger partial charge >= 0.3 is 0 Å². The Morgan fingerprint density at radius 2 is 1.26 bits per heavy atom. The number of aryl methyl sites for hydroxylation is 2. The van der Waals surface area contributed by atoms with E-state index in [1.807, 2.05) is 12.1 Å². The molecule has 0 saturated heterocycles. The number of benzene rings is 2. The summed E-state index contributed by atoms with van der Waals surface area (Å²) in [6.07, 6.45) is 4.70. The van der Waals surface area contributed by atoms with Gasteiger partial charge in [0.15, 0.2) is 0 Å². The van der Waals surface area contributed by atoms with Crippen molar-refractivity contribution in [3.8, 4) is 11.5 Å². The van der Waals surface area contributed by atoms with Gasteiger partial charge in [-0.25, -0.2) is 0 Å². The van der Waals surface area contributed by atoms with Gasteiger partial charge in [0.1, 0.15) is 11.5 Å². The summed E-state index contributed by atoms with van der Waals surface area (Å²) in [6.45, 7) is 4.38. The molecule has 0 aliphatic rings. The van der Waals surface area contributed by atoms with Crippen LogP contribution in [0, 0.1) is 0 Å². The van der Waals surface area contributed by atoms with Gasteiger partial charge in [-0.3, -0.25) is 0 Å². The molecule has 0 aromatic heterocycles. The van der Waals surface area contributed by atoms with Crippen molar-refractivity contribution in [3.63, 3.8) is 0 Å². The molecule has 1 nitrogen and oxygen atoms in total. The van der Waals surface area contributed by atoms with Crippen LogP contribution in [0.25, 0.3) is 0 Å². The molecule has 2 aromatic carbocycles. The number of rotatable bonds is 6. The van der Waals surface area contributed by atoms with Crippen LogP contribution >= 0.6 is 0 Å². The van der Waals surface area contributed by atoms with Gasteiger partial charge in [-0.15, -0.1) is 0 Å². The Labute approximate surface area is 116 Å². The third kappa shape index (κ3) is 4.13. The zero-order chi connectivity index (χ0) is 13.5. The smallest absolute Gasteiger partial charge is 0.127 e. The van der Waals surface area contributed by atoms with Gasteiger partial charge in [-0.2, -0.15) is 0 Å². The molecule has 0 atom stereocenters. The molecular weight excluding hydrogens is 232 g/mol. The van der Waals surface area contributed by atoms with E-state index in [0.717, 1.165) is 24.3 Å². The molecule has 0 fully saturated rings. The predicted octanol–water partition coefficient (Wildman–Crippen LogP) is 5.38. The van der Waals surface area contributed by atoms with E-state index in [-0.39, 0.29) is 0 Å². The second kappa shape index (κ2) is 6.98. The first-order valence-corrected chi connectivity index (χ1v) is 7.17. The SMILES string of the molecule is CCCCc1ccc(Oc2ccc(CC)cc2)cc1. The molecule has 0 bridgehead atoms. The Balaban J connectivity index is 1.98. The summed E-state index contributed by atoms with van der Waals surface area (Å²) < 4.78 is 5.84. The van der Waals surface area contributed by atoms with Gasteiger partial charge in [0.25, 0.3) is 0 Å². The number of ether oxygens (including phenoxy) is 1. The molecule has 19 heavy (non-hydrogen) atoms. The molecule has 0 aliphatic heterocycles. The fraction of sp³-hybridized carbons (Fsp3) is 0.333. The fourth-order valence-electron chi connectivity index (χ4n) is 2.03. The van der Waals surface area contributed by atoms with Gasteiger partial charge in [0.05, 0.1) is 0 Å². The van der Waals surface area contributed by atoms with Crippen molar-refractivity contribution in [2.24, 2.45) is 0 Å². The molecule has 0 radical (unpaired) electrons. The minimum absolute atomic E-state index is 0.901. The van der Waals surface area contributed by atoms with Crippen LogP contribution in [-0.2, 0) is 12.8 Å². The van der Waals surface area contributed by atoms with Crippen LogP contribution in [0.1, 0.15) is 37.8 Å². The summed E-state index contributed by atoms with van der Waals surface area (Å²) in [5, 5.41) is 0. The summed E-state index contributed by atoms with van der Waals surface area (Å²) in [6, 6.07) is 16.7. The maximum absolute atomic E-state index is 5.84. The van der Waals surface area contributed by atoms with E-state index in [2.05, 4.69) is 50.2 Å². The van der Waals surface area contributed by atoms with Crippen molar-refractivity contribution in [2.45, 2.75) is 39.5 Å². The molecule has 2 rings (SSSR count). The van der Waals surface area contributed by atoms with Gasteiger partial charge < -0.3 is 4.74 Å². The first-order chi connectivity index (χ1) is 9.31. The Bertz CT molecular complexity index is 482. The van der Waals surface area contributed by atoms with Gasteiger partial charge in [-0.05, 0) is 54.7 Å². The van der Waals surface area contributed by atoms with Gasteiger partial charge in [-0.1, -0.05) is 44.5 Å². The Hall–Kier alpha value is -1.76.